The van der Waals surface area contributed by atoms with E-state index < -0.39 is 11.8 Å². The molecule has 0 radical (unpaired) electrons. The number of carbonyl (C=O) groups excluding carboxylic acids is 2. The summed E-state index contributed by atoms with van der Waals surface area (Å²) in [5, 5.41) is 3.15. The van der Waals surface area contributed by atoms with Gasteiger partial charge in [-0.25, -0.2) is 0 Å². The number of methoxy groups -OCH3 is 1. The fraction of sp³-hybridized carbons (Fsp3) is 0.150. The van der Waals surface area contributed by atoms with Gasteiger partial charge in [-0.2, -0.15) is 0 Å². The lowest BCUT2D eigenvalue weighted by atomic mass is 10.0. The summed E-state index contributed by atoms with van der Waals surface area (Å²) < 4.78 is 5.31. The number of carbonyl (C=O) groups is 2. The Morgan fingerprint density at radius 1 is 1.11 bits per heavy atom. The van der Waals surface area contributed by atoms with Crippen LogP contribution in [0.25, 0.3) is 6.08 Å². The topological polar surface area (TPSA) is 58.6 Å². The highest BCUT2D eigenvalue weighted by Gasteiger charge is 2.34. The van der Waals surface area contributed by atoms with Crippen LogP contribution in [0.2, 0.25) is 5.02 Å². The summed E-state index contributed by atoms with van der Waals surface area (Å²) >= 11 is 11.1. The maximum absolute atomic E-state index is 13.0. The van der Waals surface area contributed by atoms with Crippen molar-refractivity contribution in [1.82, 2.24) is 5.32 Å². The van der Waals surface area contributed by atoms with Crippen molar-refractivity contribution in [3.63, 3.8) is 0 Å². The van der Waals surface area contributed by atoms with Crippen LogP contribution < -0.4 is 15.0 Å². The average molecular weight is 401 g/mol. The van der Waals surface area contributed by atoms with E-state index in [1.54, 1.807) is 37.5 Å². The van der Waals surface area contributed by atoms with E-state index in [0.29, 0.717) is 10.7 Å². The smallest absolute Gasteiger partial charge is 0.270 e. The lowest BCUT2D eigenvalue weighted by Crippen LogP contribution is -2.54. The average Bonchev–Trinajstić information content (AvgIpc) is 2.62. The third-order valence-electron chi connectivity index (χ3n) is 4.27. The lowest BCUT2D eigenvalue weighted by Gasteiger charge is -2.29. The second kappa shape index (κ2) is 7.50. The molecule has 2 aromatic rings. The highest BCUT2D eigenvalue weighted by Crippen LogP contribution is 2.27. The first-order valence-electron chi connectivity index (χ1n) is 8.14. The van der Waals surface area contributed by atoms with Gasteiger partial charge in [0.1, 0.15) is 11.3 Å². The summed E-state index contributed by atoms with van der Waals surface area (Å²) in [6.07, 6.45) is 1.57. The molecule has 2 aromatic carbocycles. The molecule has 1 saturated heterocycles. The van der Waals surface area contributed by atoms with Crippen molar-refractivity contribution in [1.29, 1.82) is 0 Å². The molecule has 0 aromatic heterocycles. The third kappa shape index (κ3) is 3.72. The molecule has 0 spiro atoms. The number of rotatable bonds is 3. The van der Waals surface area contributed by atoms with Crippen LogP contribution in [0, 0.1) is 13.8 Å². The monoisotopic (exact) mass is 400 g/mol. The standard InChI is InChI=1S/C20H17ClN2O3S/c1-11-9-17(26-3)12(2)8-13(11)10-16-18(24)22-20(27)23(19(16)25)15-6-4-14(21)5-7-15/h4-10H,1-3H3,(H,22,24,27). The Bertz CT molecular complexity index is 983. The largest absolute Gasteiger partial charge is 0.496 e. The number of benzene rings is 2. The molecule has 1 N–H and O–H groups in total. The van der Waals surface area contributed by atoms with Crippen molar-refractivity contribution in [2.24, 2.45) is 0 Å². The number of amides is 2. The van der Waals surface area contributed by atoms with Gasteiger partial charge in [0, 0.05) is 5.02 Å². The van der Waals surface area contributed by atoms with Crippen molar-refractivity contribution in [2.45, 2.75) is 13.8 Å². The Morgan fingerprint density at radius 2 is 1.78 bits per heavy atom. The lowest BCUT2D eigenvalue weighted by molar-refractivity contribution is -0.122. The predicted molar refractivity (Wildman–Crippen MR) is 110 cm³/mol. The number of hydrogen-bond acceptors (Lipinski definition) is 4. The van der Waals surface area contributed by atoms with E-state index in [1.807, 2.05) is 26.0 Å². The van der Waals surface area contributed by atoms with Gasteiger partial charge in [-0.3, -0.25) is 19.8 Å². The number of nitrogens with zero attached hydrogens (tertiary/aromatic N) is 1. The normalized spacial score (nSPS) is 15.9. The van der Waals surface area contributed by atoms with Crippen molar-refractivity contribution >= 4 is 52.5 Å². The van der Waals surface area contributed by atoms with Gasteiger partial charge >= 0.3 is 0 Å². The van der Waals surface area contributed by atoms with Crippen LogP contribution in [0.15, 0.2) is 42.0 Å². The van der Waals surface area contributed by atoms with Crippen LogP contribution in [0.1, 0.15) is 16.7 Å². The molecule has 1 fully saturated rings. The number of aryl methyl sites for hydroxylation is 2. The van der Waals surface area contributed by atoms with Crippen molar-refractivity contribution in [3.8, 4) is 5.75 Å². The molecule has 3 rings (SSSR count). The SMILES string of the molecule is COc1cc(C)c(C=C2C(=O)NC(=S)N(c3ccc(Cl)cc3)C2=O)cc1C. The van der Waals surface area contributed by atoms with Gasteiger partial charge < -0.3 is 4.74 Å². The van der Waals surface area contributed by atoms with Crippen LogP contribution in [0.3, 0.4) is 0 Å². The minimum Gasteiger partial charge on any atom is -0.496 e. The maximum Gasteiger partial charge on any atom is 0.270 e. The Balaban J connectivity index is 2.04. The van der Waals surface area contributed by atoms with E-state index in [9.17, 15) is 9.59 Å². The first kappa shape index (κ1) is 19.1. The second-order valence-electron chi connectivity index (χ2n) is 6.11. The molecule has 5 nitrogen and oxygen atoms in total. The van der Waals surface area contributed by atoms with E-state index in [4.69, 9.17) is 28.6 Å². The summed E-state index contributed by atoms with van der Waals surface area (Å²) in [6, 6.07) is 10.4. The molecule has 0 aliphatic carbocycles. The molecule has 7 heteroatoms. The summed E-state index contributed by atoms with van der Waals surface area (Å²) in [5.41, 5.74) is 3.09. The van der Waals surface area contributed by atoms with E-state index in [2.05, 4.69) is 5.32 Å². The van der Waals surface area contributed by atoms with E-state index >= 15 is 0 Å². The Morgan fingerprint density at radius 3 is 2.41 bits per heavy atom. The zero-order valence-electron chi connectivity index (χ0n) is 15.0. The molecule has 1 heterocycles. The molecule has 0 saturated carbocycles. The van der Waals surface area contributed by atoms with E-state index in [-0.39, 0.29) is 10.7 Å². The number of nitrogens with one attached hydrogen (secondary N) is 1. The minimum absolute atomic E-state index is 0.00576. The van der Waals surface area contributed by atoms with Crippen molar-refractivity contribution in [2.75, 3.05) is 12.0 Å². The van der Waals surface area contributed by atoms with Gasteiger partial charge in [0.05, 0.1) is 12.8 Å². The van der Waals surface area contributed by atoms with Crippen LogP contribution >= 0.6 is 23.8 Å². The van der Waals surface area contributed by atoms with Crippen LogP contribution in [0.4, 0.5) is 5.69 Å². The molecule has 138 valence electrons. The second-order valence-corrected chi connectivity index (χ2v) is 6.94. The molecule has 0 bridgehead atoms. The molecule has 1 aliphatic heterocycles. The molecule has 2 amide bonds. The zero-order chi connectivity index (χ0) is 19.7. The van der Waals surface area contributed by atoms with Crippen molar-refractivity contribution in [3.05, 3.63) is 63.7 Å². The number of ether oxygens (including phenoxy) is 1. The summed E-state index contributed by atoms with van der Waals surface area (Å²) in [5.74, 6) is -0.264. The zero-order valence-corrected chi connectivity index (χ0v) is 16.6. The van der Waals surface area contributed by atoms with Gasteiger partial charge in [0.15, 0.2) is 5.11 Å². The number of hydrogen-bond donors (Lipinski definition) is 1. The van der Waals surface area contributed by atoms with Gasteiger partial charge in [0.25, 0.3) is 11.8 Å². The number of halogens is 1. The first-order chi connectivity index (χ1) is 12.8. The minimum atomic E-state index is -0.525. The summed E-state index contributed by atoms with van der Waals surface area (Å²) in [4.78, 5) is 26.7. The molecule has 0 atom stereocenters. The summed E-state index contributed by atoms with van der Waals surface area (Å²) in [6.45, 7) is 3.79. The Kier molecular flexibility index (Phi) is 5.30. The molecule has 27 heavy (non-hydrogen) atoms. The fourth-order valence-electron chi connectivity index (χ4n) is 2.83. The Hall–Kier alpha value is -2.70. The van der Waals surface area contributed by atoms with Crippen molar-refractivity contribution < 1.29 is 14.3 Å². The maximum atomic E-state index is 13.0. The predicted octanol–water partition coefficient (Wildman–Crippen LogP) is 3.80. The third-order valence-corrected chi connectivity index (χ3v) is 4.81. The fourth-order valence-corrected chi connectivity index (χ4v) is 3.23. The Labute approximate surface area is 167 Å². The first-order valence-corrected chi connectivity index (χ1v) is 8.92. The van der Waals surface area contributed by atoms with Gasteiger partial charge in [0.2, 0.25) is 0 Å². The highest BCUT2D eigenvalue weighted by atomic mass is 35.5. The number of anilines is 1. The highest BCUT2D eigenvalue weighted by molar-refractivity contribution is 7.80. The quantitative estimate of drug-likeness (QED) is 0.483. The molecular weight excluding hydrogens is 384 g/mol. The molecule has 1 aliphatic rings. The van der Waals surface area contributed by atoms with Gasteiger partial charge in [-0.15, -0.1) is 0 Å². The number of thiocarbonyl (C=S) groups is 1. The van der Waals surface area contributed by atoms with Gasteiger partial charge in [-0.05, 0) is 85.2 Å². The van der Waals surface area contributed by atoms with Crippen LogP contribution in [-0.2, 0) is 9.59 Å². The van der Waals surface area contributed by atoms with E-state index in [0.717, 1.165) is 22.4 Å². The van der Waals surface area contributed by atoms with E-state index in [1.165, 1.54) is 4.90 Å². The molecule has 0 unspecified atom stereocenters. The van der Waals surface area contributed by atoms with Gasteiger partial charge in [-0.1, -0.05) is 11.6 Å². The summed E-state index contributed by atoms with van der Waals surface area (Å²) in [7, 11) is 1.60. The van der Waals surface area contributed by atoms with Crippen LogP contribution in [0.5, 0.6) is 5.75 Å². The molecular formula is C20H17ClN2O3S. The van der Waals surface area contributed by atoms with Crippen LogP contribution in [-0.4, -0.2) is 24.0 Å².